The van der Waals surface area contributed by atoms with Crippen LogP contribution in [0.1, 0.15) is 82.2 Å². The summed E-state index contributed by atoms with van der Waals surface area (Å²) < 4.78 is 3.55. The van der Waals surface area contributed by atoms with Crippen molar-refractivity contribution >= 4 is 28.5 Å². The lowest BCUT2D eigenvalue weighted by Gasteiger charge is -2.10. The highest BCUT2D eigenvalue weighted by Crippen LogP contribution is 2.45. The van der Waals surface area contributed by atoms with Gasteiger partial charge in [0.1, 0.15) is 0 Å². The molecule has 9 heteroatoms. The molecule has 9 nitrogen and oxygen atoms in total. The van der Waals surface area contributed by atoms with Gasteiger partial charge in [0.05, 0.1) is 28.0 Å². The largest absolute Gasteiger partial charge is 0.350 e. The summed E-state index contributed by atoms with van der Waals surface area (Å²) in [5.41, 5.74) is 5.73. The predicted molar refractivity (Wildman–Crippen MR) is 161 cm³/mol. The number of hydrogen-bond acceptors (Lipinski definition) is 5. The van der Waals surface area contributed by atoms with Crippen LogP contribution >= 0.6 is 0 Å². The number of anilines is 1. The van der Waals surface area contributed by atoms with Crippen LogP contribution in [-0.2, 0) is 13.0 Å². The number of amides is 2. The number of nitrogens with zero attached hydrogens (tertiary/aromatic N) is 5. The highest BCUT2D eigenvalue weighted by molar-refractivity contribution is 6.14. The molecule has 0 bridgehead atoms. The van der Waals surface area contributed by atoms with Crippen molar-refractivity contribution in [2.24, 2.45) is 0 Å². The number of hydrogen-bond donors (Lipinski definition) is 2. The average Bonchev–Trinajstić information content (AvgIpc) is 3.97. The molecule has 0 saturated heterocycles. The van der Waals surface area contributed by atoms with Crippen molar-refractivity contribution in [2.45, 2.75) is 57.4 Å². The third-order valence-corrected chi connectivity index (χ3v) is 7.98. The molecule has 3 aromatic heterocycles. The predicted octanol–water partition coefficient (Wildman–Crippen LogP) is 5.62. The molecular weight excluding hydrogens is 526 g/mol. The van der Waals surface area contributed by atoms with E-state index in [4.69, 9.17) is 10.1 Å². The Balaban J connectivity index is 1.23. The van der Waals surface area contributed by atoms with E-state index < -0.39 is 0 Å². The van der Waals surface area contributed by atoms with E-state index in [0.717, 1.165) is 53.7 Å². The van der Waals surface area contributed by atoms with Crippen LogP contribution in [0, 0.1) is 0 Å². The van der Waals surface area contributed by atoms with Crippen LogP contribution in [0.2, 0.25) is 0 Å². The van der Waals surface area contributed by atoms with Gasteiger partial charge in [0.2, 0.25) is 0 Å². The van der Waals surface area contributed by atoms with E-state index in [1.807, 2.05) is 78.3 Å². The molecule has 2 aliphatic rings. The summed E-state index contributed by atoms with van der Waals surface area (Å²) in [6.45, 7) is 2.99. The fourth-order valence-electron chi connectivity index (χ4n) is 5.40. The number of rotatable bonds is 10. The summed E-state index contributed by atoms with van der Waals surface area (Å²) in [6.07, 6.45) is 6.64. The van der Waals surface area contributed by atoms with E-state index in [0.29, 0.717) is 48.2 Å². The fourth-order valence-corrected chi connectivity index (χ4v) is 5.40. The number of carbonyl (C=O) groups excluding carboxylic acids is 2. The topological polar surface area (TPSA) is 107 Å². The van der Waals surface area contributed by atoms with Crippen LogP contribution in [0.15, 0.2) is 72.9 Å². The van der Waals surface area contributed by atoms with Crippen molar-refractivity contribution in [1.29, 1.82) is 0 Å². The maximum Gasteiger partial charge on any atom is 0.273 e. The van der Waals surface area contributed by atoms with E-state index in [2.05, 4.69) is 15.7 Å². The van der Waals surface area contributed by atoms with Gasteiger partial charge in [0.15, 0.2) is 11.3 Å². The summed E-state index contributed by atoms with van der Waals surface area (Å²) >= 11 is 0. The van der Waals surface area contributed by atoms with Crippen molar-refractivity contribution in [1.82, 2.24) is 29.9 Å². The molecule has 2 aromatic carbocycles. The Morgan fingerprint density at radius 1 is 0.905 bits per heavy atom. The van der Waals surface area contributed by atoms with Gasteiger partial charge in [-0.1, -0.05) is 48.5 Å². The van der Waals surface area contributed by atoms with Gasteiger partial charge >= 0.3 is 0 Å². The van der Waals surface area contributed by atoms with E-state index in [9.17, 15) is 9.59 Å². The number of benzene rings is 2. The number of fused-ring (bicyclic) bond motifs is 1. The molecule has 0 radical (unpaired) electrons. The number of carbonyl (C=O) groups is 2. The van der Waals surface area contributed by atoms with Crippen molar-refractivity contribution in [3.05, 3.63) is 101 Å². The van der Waals surface area contributed by atoms with Crippen LogP contribution in [0.5, 0.6) is 0 Å². The summed E-state index contributed by atoms with van der Waals surface area (Å²) in [5.74, 6) is 0.0555. The lowest BCUT2D eigenvalue weighted by molar-refractivity contribution is 0.0949. The van der Waals surface area contributed by atoms with Gasteiger partial charge in [-0.05, 0) is 62.8 Å². The molecule has 0 spiro atoms. The van der Waals surface area contributed by atoms with Gasteiger partial charge in [0.25, 0.3) is 11.8 Å². The normalized spacial score (nSPS) is 14.7. The van der Waals surface area contributed by atoms with Crippen LogP contribution in [-0.4, -0.2) is 42.9 Å². The summed E-state index contributed by atoms with van der Waals surface area (Å²) in [4.78, 5) is 32.4. The molecule has 2 N–H and O–H groups in total. The first-order valence-electron chi connectivity index (χ1n) is 14.8. The number of pyridine rings is 1. The van der Waals surface area contributed by atoms with E-state index >= 15 is 0 Å². The number of aromatic nitrogens is 5. The molecule has 2 saturated carbocycles. The Labute approximate surface area is 244 Å². The molecule has 0 aliphatic heterocycles. The zero-order valence-corrected chi connectivity index (χ0v) is 23.6. The lowest BCUT2D eigenvalue weighted by atomic mass is 10.0. The van der Waals surface area contributed by atoms with Gasteiger partial charge < -0.3 is 10.6 Å². The van der Waals surface area contributed by atoms with Crippen LogP contribution in [0.4, 0.5) is 5.69 Å². The number of para-hydroxylation sites is 1. The number of nitrogens with one attached hydrogen (secondary N) is 2. The second-order valence-corrected chi connectivity index (χ2v) is 11.2. The van der Waals surface area contributed by atoms with Crippen LogP contribution in [0.25, 0.3) is 16.7 Å². The smallest absolute Gasteiger partial charge is 0.273 e. The van der Waals surface area contributed by atoms with Gasteiger partial charge in [-0.3, -0.25) is 14.3 Å². The van der Waals surface area contributed by atoms with Crippen LogP contribution in [0.3, 0.4) is 0 Å². The zero-order chi connectivity index (χ0) is 28.6. The first-order valence-corrected chi connectivity index (χ1v) is 14.8. The summed E-state index contributed by atoms with van der Waals surface area (Å²) in [7, 11) is 0. The standard InChI is InChI=1S/C33H33N7O2/c1-2-39-20-27(30(37-39)33(42)34-18-17-21-9-5-3-6-10-21)36-32(41)25-19-26(22-13-14-22)35-31-28(25)29(23-15-16-23)38-40(31)24-11-7-4-8-12-24/h3-12,19-20,22-23H,2,13-18H2,1H3,(H,34,42)(H,36,41). The van der Waals surface area contributed by atoms with Crippen molar-refractivity contribution in [2.75, 3.05) is 11.9 Å². The Morgan fingerprint density at radius 3 is 2.31 bits per heavy atom. The summed E-state index contributed by atoms with van der Waals surface area (Å²) in [6, 6.07) is 21.9. The van der Waals surface area contributed by atoms with Gasteiger partial charge in [-0.15, -0.1) is 0 Å². The maximum atomic E-state index is 14.1. The van der Waals surface area contributed by atoms with Crippen LogP contribution < -0.4 is 10.6 Å². The Hall–Kier alpha value is -4.79. The molecule has 7 rings (SSSR count). The minimum absolute atomic E-state index is 0.202. The SMILES string of the molecule is CCn1cc(NC(=O)c2cc(C3CC3)nc3c2c(C2CC2)nn3-c2ccccc2)c(C(=O)NCCc2ccccc2)n1. The molecule has 2 aliphatic carbocycles. The second kappa shape index (κ2) is 10.9. The maximum absolute atomic E-state index is 14.1. The van der Waals surface area contributed by atoms with Crippen molar-refractivity contribution in [3.8, 4) is 5.69 Å². The molecule has 5 aromatic rings. The van der Waals surface area contributed by atoms with Gasteiger partial charge in [0, 0.05) is 36.8 Å². The average molecular weight is 560 g/mol. The fraction of sp³-hybridized carbons (Fsp3) is 0.303. The van der Waals surface area contributed by atoms with Crippen molar-refractivity contribution in [3.63, 3.8) is 0 Å². The first-order chi connectivity index (χ1) is 20.6. The van der Waals surface area contributed by atoms with Crippen molar-refractivity contribution < 1.29 is 9.59 Å². The Bertz CT molecular complexity index is 1770. The molecule has 0 atom stereocenters. The highest BCUT2D eigenvalue weighted by atomic mass is 16.2. The third-order valence-electron chi connectivity index (χ3n) is 7.98. The number of aryl methyl sites for hydroxylation is 1. The summed E-state index contributed by atoms with van der Waals surface area (Å²) in [5, 5.41) is 16.3. The minimum Gasteiger partial charge on any atom is -0.350 e. The molecule has 3 heterocycles. The first kappa shape index (κ1) is 26.1. The highest BCUT2D eigenvalue weighted by Gasteiger charge is 2.35. The minimum atomic E-state index is -0.317. The van der Waals surface area contributed by atoms with E-state index in [1.165, 1.54) is 0 Å². The molecule has 2 amide bonds. The molecular formula is C33H33N7O2. The zero-order valence-electron chi connectivity index (χ0n) is 23.6. The molecule has 0 unspecified atom stereocenters. The quantitative estimate of drug-likeness (QED) is 0.231. The second-order valence-electron chi connectivity index (χ2n) is 11.2. The Kier molecular flexibility index (Phi) is 6.77. The molecule has 212 valence electrons. The third kappa shape index (κ3) is 5.18. The molecule has 42 heavy (non-hydrogen) atoms. The molecule has 2 fully saturated rings. The van der Waals surface area contributed by atoms with Gasteiger partial charge in [-0.2, -0.15) is 10.2 Å². The van der Waals surface area contributed by atoms with Gasteiger partial charge in [-0.25, -0.2) is 9.67 Å². The lowest BCUT2D eigenvalue weighted by Crippen LogP contribution is -2.27. The Morgan fingerprint density at radius 2 is 1.62 bits per heavy atom. The van der Waals surface area contributed by atoms with E-state index in [-0.39, 0.29) is 17.5 Å². The monoisotopic (exact) mass is 559 g/mol. The van der Waals surface area contributed by atoms with E-state index in [1.54, 1.807) is 10.9 Å².